The maximum Gasteiger partial charge on any atom is 0.307 e. The Morgan fingerprint density at radius 1 is 0.950 bits per heavy atom. The van der Waals surface area contributed by atoms with Gasteiger partial charge in [0.2, 0.25) is 5.91 Å². The number of hydrogen-bond donors (Lipinski definition) is 1. The van der Waals surface area contributed by atoms with Crippen molar-refractivity contribution in [3.05, 3.63) is 0 Å². The fourth-order valence-corrected chi connectivity index (χ4v) is 3.79. The fraction of sp³-hybridized carbons (Fsp3) is 0.875. The van der Waals surface area contributed by atoms with E-state index >= 15 is 0 Å². The number of carbonyl (C=O) groups is 2. The highest BCUT2D eigenvalue weighted by Crippen LogP contribution is 2.34. The first kappa shape index (κ1) is 15.3. The van der Waals surface area contributed by atoms with E-state index in [2.05, 4.69) is 6.92 Å². The molecule has 0 bridgehead atoms. The van der Waals surface area contributed by atoms with Crippen molar-refractivity contribution in [1.29, 1.82) is 0 Å². The van der Waals surface area contributed by atoms with E-state index < -0.39 is 11.9 Å². The molecule has 114 valence electrons. The molecular weight excluding hydrogens is 254 g/mol. The van der Waals surface area contributed by atoms with Crippen LogP contribution in [0.2, 0.25) is 0 Å². The third-order valence-corrected chi connectivity index (χ3v) is 5.28. The standard InChI is InChI=1S/C16H27NO3/c1-11-7-9-12(10-8-11)17(2)15(18)13-5-3-4-6-14(13)16(19)20/h11-14H,3-10H2,1-2H3,(H,19,20). The van der Waals surface area contributed by atoms with E-state index in [9.17, 15) is 14.7 Å². The first-order chi connectivity index (χ1) is 9.50. The molecule has 0 aromatic carbocycles. The molecule has 2 atom stereocenters. The van der Waals surface area contributed by atoms with Gasteiger partial charge in [0.05, 0.1) is 11.8 Å². The Hall–Kier alpha value is -1.06. The van der Waals surface area contributed by atoms with Crippen LogP contribution in [0.25, 0.3) is 0 Å². The number of carboxylic acid groups (broad SMARTS) is 1. The van der Waals surface area contributed by atoms with Gasteiger partial charge in [0.15, 0.2) is 0 Å². The van der Waals surface area contributed by atoms with Gasteiger partial charge in [-0.2, -0.15) is 0 Å². The lowest BCUT2D eigenvalue weighted by Gasteiger charge is -2.37. The molecule has 0 aliphatic heterocycles. The SMILES string of the molecule is CC1CCC(N(C)C(=O)C2CCCCC2C(=O)O)CC1. The first-order valence-corrected chi connectivity index (χ1v) is 8.00. The average molecular weight is 281 g/mol. The molecule has 0 aromatic rings. The normalized spacial score (nSPS) is 34.5. The lowest BCUT2D eigenvalue weighted by Crippen LogP contribution is -2.46. The molecule has 2 aliphatic carbocycles. The summed E-state index contributed by atoms with van der Waals surface area (Å²) in [4.78, 5) is 25.9. The topological polar surface area (TPSA) is 57.6 Å². The van der Waals surface area contributed by atoms with Gasteiger partial charge in [-0.3, -0.25) is 9.59 Å². The molecule has 2 fully saturated rings. The summed E-state index contributed by atoms with van der Waals surface area (Å²) < 4.78 is 0. The molecule has 20 heavy (non-hydrogen) atoms. The van der Waals surface area contributed by atoms with Gasteiger partial charge in [0.1, 0.15) is 0 Å². The van der Waals surface area contributed by atoms with E-state index in [-0.39, 0.29) is 11.8 Å². The molecule has 0 aromatic heterocycles. The molecule has 1 amide bonds. The maximum atomic E-state index is 12.7. The number of hydrogen-bond acceptors (Lipinski definition) is 2. The average Bonchev–Trinajstić information content (AvgIpc) is 2.46. The van der Waals surface area contributed by atoms with E-state index in [1.165, 1.54) is 12.8 Å². The van der Waals surface area contributed by atoms with Gasteiger partial charge in [0, 0.05) is 13.1 Å². The Labute approximate surface area is 121 Å². The number of nitrogens with zero attached hydrogens (tertiary/aromatic N) is 1. The largest absolute Gasteiger partial charge is 0.481 e. The second-order valence-electron chi connectivity index (χ2n) is 6.70. The molecule has 0 radical (unpaired) electrons. The number of carboxylic acids is 1. The third kappa shape index (κ3) is 3.33. The lowest BCUT2D eigenvalue weighted by atomic mass is 9.78. The second-order valence-corrected chi connectivity index (χ2v) is 6.70. The molecule has 2 saturated carbocycles. The van der Waals surface area contributed by atoms with Crippen LogP contribution in [-0.4, -0.2) is 35.0 Å². The van der Waals surface area contributed by atoms with Crippen LogP contribution in [0.1, 0.15) is 58.3 Å². The van der Waals surface area contributed by atoms with E-state index in [0.29, 0.717) is 12.5 Å². The van der Waals surface area contributed by atoms with Gasteiger partial charge >= 0.3 is 5.97 Å². The Bertz CT molecular complexity index is 361. The van der Waals surface area contributed by atoms with Crippen LogP contribution in [0, 0.1) is 17.8 Å². The van der Waals surface area contributed by atoms with Crippen molar-refractivity contribution in [2.24, 2.45) is 17.8 Å². The molecule has 0 heterocycles. The van der Waals surface area contributed by atoms with Crippen LogP contribution in [-0.2, 0) is 9.59 Å². The van der Waals surface area contributed by atoms with E-state index in [1.807, 2.05) is 11.9 Å². The first-order valence-electron chi connectivity index (χ1n) is 8.00. The highest BCUT2D eigenvalue weighted by molar-refractivity contribution is 5.85. The Kier molecular flexibility index (Phi) is 5.06. The molecule has 2 aliphatic rings. The zero-order chi connectivity index (χ0) is 14.7. The Morgan fingerprint density at radius 3 is 2.05 bits per heavy atom. The van der Waals surface area contributed by atoms with Crippen LogP contribution in [0.5, 0.6) is 0 Å². The summed E-state index contributed by atoms with van der Waals surface area (Å²) in [6.45, 7) is 2.26. The Balaban J connectivity index is 1.99. The fourth-order valence-electron chi connectivity index (χ4n) is 3.79. The third-order valence-electron chi connectivity index (χ3n) is 5.28. The summed E-state index contributed by atoms with van der Waals surface area (Å²) in [5.41, 5.74) is 0. The van der Waals surface area contributed by atoms with Gasteiger partial charge in [-0.25, -0.2) is 0 Å². The van der Waals surface area contributed by atoms with Gasteiger partial charge in [0.25, 0.3) is 0 Å². The zero-order valence-electron chi connectivity index (χ0n) is 12.7. The van der Waals surface area contributed by atoms with E-state index in [1.54, 1.807) is 0 Å². The van der Waals surface area contributed by atoms with Crippen molar-refractivity contribution in [1.82, 2.24) is 4.90 Å². The summed E-state index contributed by atoms with van der Waals surface area (Å²) in [5, 5.41) is 9.31. The van der Waals surface area contributed by atoms with Crippen LogP contribution < -0.4 is 0 Å². The number of rotatable bonds is 3. The lowest BCUT2D eigenvalue weighted by molar-refractivity contribution is -0.153. The van der Waals surface area contributed by atoms with Gasteiger partial charge in [-0.05, 0) is 44.4 Å². The quantitative estimate of drug-likeness (QED) is 0.865. The van der Waals surface area contributed by atoms with Crippen molar-refractivity contribution in [2.75, 3.05) is 7.05 Å². The van der Waals surface area contributed by atoms with E-state index in [0.717, 1.165) is 38.0 Å². The Morgan fingerprint density at radius 2 is 1.50 bits per heavy atom. The number of aliphatic carboxylic acids is 1. The summed E-state index contributed by atoms with van der Waals surface area (Å²) in [6, 6.07) is 0.315. The summed E-state index contributed by atoms with van der Waals surface area (Å²) in [7, 11) is 1.87. The predicted octanol–water partition coefficient (Wildman–Crippen LogP) is 2.91. The number of carbonyl (C=O) groups excluding carboxylic acids is 1. The minimum Gasteiger partial charge on any atom is -0.481 e. The molecule has 2 unspecified atom stereocenters. The summed E-state index contributed by atoms with van der Waals surface area (Å²) in [5.74, 6) is -0.742. The monoisotopic (exact) mass is 281 g/mol. The molecule has 1 N–H and O–H groups in total. The summed E-state index contributed by atoms with van der Waals surface area (Å²) >= 11 is 0. The predicted molar refractivity (Wildman–Crippen MR) is 77.3 cm³/mol. The molecule has 0 saturated heterocycles. The van der Waals surface area contributed by atoms with Crippen LogP contribution >= 0.6 is 0 Å². The number of amides is 1. The van der Waals surface area contributed by atoms with Crippen molar-refractivity contribution < 1.29 is 14.7 Å². The molecule has 0 spiro atoms. The van der Waals surface area contributed by atoms with Crippen molar-refractivity contribution in [2.45, 2.75) is 64.3 Å². The second kappa shape index (κ2) is 6.59. The smallest absolute Gasteiger partial charge is 0.307 e. The van der Waals surface area contributed by atoms with Gasteiger partial charge < -0.3 is 10.0 Å². The maximum absolute atomic E-state index is 12.7. The van der Waals surface area contributed by atoms with Crippen LogP contribution in [0.15, 0.2) is 0 Å². The minimum atomic E-state index is -0.797. The minimum absolute atomic E-state index is 0.0663. The van der Waals surface area contributed by atoms with Crippen molar-refractivity contribution in [3.8, 4) is 0 Å². The molecule has 4 heteroatoms. The van der Waals surface area contributed by atoms with Crippen molar-refractivity contribution >= 4 is 11.9 Å². The van der Waals surface area contributed by atoms with Crippen LogP contribution in [0.3, 0.4) is 0 Å². The molecule has 2 rings (SSSR count). The highest BCUT2D eigenvalue weighted by atomic mass is 16.4. The zero-order valence-corrected chi connectivity index (χ0v) is 12.7. The van der Waals surface area contributed by atoms with Crippen molar-refractivity contribution in [3.63, 3.8) is 0 Å². The van der Waals surface area contributed by atoms with Crippen LogP contribution in [0.4, 0.5) is 0 Å². The molecular formula is C16H27NO3. The van der Waals surface area contributed by atoms with Gasteiger partial charge in [-0.1, -0.05) is 19.8 Å². The van der Waals surface area contributed by atoms with E-state index in [4.69, 9.17) is 0 Å². The van der Waals surface area contributed by atoms with Gasteiger partial charge in [-0.15, -0.1) is 0 Å². The highest BCUT2D eigenvalue weighted by Gasteiger charge is 2.38. The molecule has 4 nitrogen and oxygen atoms in total. The summed E-state index contributed by atoms with van der Waals surface area (Å²) in [6.07, 6.45) is 7.79.